The second-order valence-corrected chi connectivity index (χ2v) is 8.01. The van der Waals surface area contributed by atoms with Crippen LogP contribution in [-0.2, 0) is 4.74 Å². The Bertz CT molecular complexity index is 647. The highest BCUT2D eigenvalue weighted by Crippen LogP contribution is 2.20. The van der Waals surface area contributed by atoms with Crippen molar-refractivity contribution in [1.29, 1.82) is 0 Å². The number of halogens is 1. The molecule has 2 aliphatic rings. The number of rotatable bonds is 8. The second kappa shape index (κ2) is 13.2. The van der Waals surface area contributed by atoms with Crippen LogP contribution in [0.2, 0.25) is 0 Å². The lowest BCUT2D eigenvalue weighted by Gasteiger charge is -2.34. The van der Waals surface area contributed by atoms with Crippen molar-refractivity contribution in [3.05, 3.63) is 24.3 Å². The van der Waals surface area contributed by atoms with Crippen molar-refractivity contribution in [3.63, 3.8) is 0 Å². The van der Waals surface area contributed by atoms with Crippen LogP contribution >= 0.6 is 24.0 Å². The van der Waals surface area contributed by atoms with E-state index in [2.05, 4.69) is 20.5 Å². The highest BCUT2D eigenvalue weighted by molar-refractivity contribution is 14.0. The largest absolute Gasteiger partial charge is 0.497 e. The first-order chi connectivity index (χ1) is 14.2. The van der Waals surface area contributed by atoms with E-state index in [9.17, 15) is 0 Å². The van der Waals surface area contributed by atoms with E-state index < -0.39 is 0 Å². The third-order valence-corrected chi connectivity index (χ3v) is 5.63. The molecule has 0 amide bonds. The Morgan fingerprint density at radius 2 is 2.03 bits per heavy atom. The van der Waals surface area contributed by atoms with Crippen molar-refractivity contribution in [2.24, 2.45) is 10.9 Å². The fraction of sp³-hybridized carbons (Fsp3) is 0.682. The van der Waals surface area contributed by atoms with Crippen LogP contribution in [0.25, 0.3) is 0 Å². The summed E-state index contributed by atoms with van der Waals surface area (Å²) in [6.45, 7) is 8.05. The van der Waals surface area contributed by atoms with Crippen molar-refractivity contribution < 1.29 is 14.2 Å². The number of benzene rings is 1. The molecule has 0 aromatic heterocycles. The average Bonchev–Trinajstić information content (AvgIpc) is 3.25. The maximum Gasteiger partial charge on any atom is 0.191 e. The molecular formula is C22H37IN4O3. The summed E-state index contributed by atoms with van der Waals surface area (Å²) in [5.41, 5.74) is 0. The predicted molar refractivity (Wildman–Crippen MR) is 131 cm³/mol. The first kappa shape index (κ1) is 25.0. The molecule has 2 saturated heterocycles. The van der Waals surface area contributed by atoms with E-state index in [4.69, 9.17) is 14.2 Å². The topological polar surface area (TPSA) is 67.4 Å². The standard InChI is InChI=1S/C22H36N4O3.HI/c1-17(29-21-6-4-5-20(13-21)27-3)14-24-22(23-2)25-19-7-10-26(11-8-19)15-18-9-12-28-16-18;/h4-6,13,17-19H,7-12,14-16H2,1-3H3,(H2,23,24,25);1H. The summed E-state index contributed by atoms with van der Waals surface area (Å²) >= 11 is 0. The van der Waals surface area contributed by atoms with Gasteiger partial charge in [0.25, 0.3) is 0 Å². The Kier molecular flexibility index (Phi) is 11.0. The minimum atomic E-state index is 0. The first-order valence-corrected chi connectivity index (χ1v) is 10.7. The van der Waals surface area contributed by atoms with Gasteiger partial charge in [-0.3, -0.25) is 4.99 Å². The number of nitrogens with zero attached hydrogens (tertiary/aromatic N) is 2. The van der Waals surface area contributed by atoms with Gasteiger partial charge >= 0.3 is 0 Å². The van der Waals surface area contributed by atoms with Gasteiger partial charge in [-0.25, -0.2) is 0 Å². The minimum Gasteiger partial charge on any atom is -0.497 e. The van der Waals surface area contributed by atoms with Crippen LogP contribution in [0.4, 0.5) is 0 Å². The molecule has 2 aliphatic heterocycles. The molecule has 8 heteroatoms. The highest BCUT2D eigenvalue weighted by Gasteiger charge is 2.24. The van der Waals surface area contributed by atoms with E-state index in [1.807, 2.05) is 38.2 Å². The van der Waals surface area contributed by atoms with Gasteiger partial charge in [0.15, 0.2) is 5.96 Å². The fourth-order valence-electron chi connectivity index (χ4n) is 3.93. The summed E-state index contributed by atoms with van der Waals surface area (Å²) < 4.78 is 16.7. The van der Waals surface area contributed by atoms with Crippen LogP contribution in [0.3, 0.4) is 0 Å². The van der Waals surface area contributed by atoms with Gasteiger partial charge in [-0.2, -0.15) is 0 Å². The lowest BCUT2D eigenvalue weighted by atomic mass is 10.0. The SMILES string of the molecule is CN=C(NCC(C)Oc1cccc(OC)c1)NC1CCN(CC2CCOC2)CC1.I. The van der Waals surface area contributed by atoms with Gasteiger partial charge < -0.3 is 29.7 Å². The number of likely N-dealkylation sites (tertiary alicyclic amines) is 1. The van der Waals surface area contributed by atoms with Crippen LogP contribution in [0, 0.1) is 5.92 Å². The van der Waals surface area contributed by atoms with E-state index in [1.54, 1.807) is 7.11 Å². The summed E-state index contributed by atoms with van der Waals surface area (Å²) in [4.78, 5) is 6.96. The molecule has 3 rings (SSSR count). The molecule has 0 aliphatic carbocycles. The van der Waals surface area contributed by atoms with E-state index in [0.29, 0.717) is 12.6 Å². The normalized spacial score (nSPS) is 21.6. The van der Waals surface area contributed by atoms with Gasteiger partial charge in [0.2, 0.25) is 0 Å². The summed E-state index contributed by atoms with van der Waals surface area (Å²) in [6, 6.07) is 8.15. The molecule has 2 fully saturated rings. The monoisotopic (exact) mass is 532 g/mol. The molecule has 0 spiro atoms. The highest BCUT2D eigenvalue weighted by atomic mass is 127. The third-order valence-electron chi connectivity index (χ3n) is 5.63. The molecular weight excluding hydrogens is 495 g/mol. The van der Waals surface area contributed by atoms with Crippen LogP contribution in [-0.4, -0.2) is 76.6 Å². The number of guanidine groups is 1. The molecule has 1 aromatic carbocycles. The molecule has 0 radical (unpaired) electrons. The van der Waals surface area contributed by atoms with Gasteiger partial charge in [-0.05, 0) is 44.2 Å². The average molecular weight is 532 g/mol. The van der Waals surface area contributed by atoms with E-state index in [-0.39, 0.29) is 30.1 Å². The third kappa shape index (κ3) is 8.11. The zero-order valence-corrected chi connectivity index (χ0v) is 20.8. The molecule has 7 nitrogen and oxygen atoms in total. The Morgan fingerprint density at radius 1 is 1.27 bits per heavy atom. The number of aliphatic imine (C=N–C) groups is 1. The van der Waals surface area contributed by atoms with Crippen LogP contribution in [0.1, 0.15) is 26.2 Å². The Balaban J connectivity index is 0.00000320. The molecule has 170 valence electrons. The molecule has 2 heterocycles. The van der Waals surface area contributed by atoms with Crippen molar-refractivity contribution in [2.45, 2.75) is 38.3 Å². The molecule has 1 aromatic rings. The maximum atomic E-state index is 5.98. The van der Waals surface area contributed by atoms with Crippen LogP contribution in [0.15, 0.2) is 29.3 Å². The quantitative estimate of drug-likeness (QED) is 0.305. The van der Waals surface area contributed by atoms with E-state index >= 15 is 0 Å². The number of hydrogen-bond acceptors (Lipinski definition) is 5. The Labute approximate surface area is 197 Å². The van der Waals surface area contributed by atoms with Crippen molar-refractivity contribution in [1.82, 2.24) is 15.5 Å². The zero-order chi connectivity index (χ0) is 20.5. The molecule has 0 saturated carbocycles. The van der Waals surface area contributed by atoms with Crippen molar-refractivity contribution >= 4 is 29.9 Å². The molecule has 0 bridgehead atoms. The van der Waals surface area contributed by atoms with Crippen molar-refractivity contribution in [3.8, 4) is 11.5 Å². The molecule has 2 unspecified atom stereocenters. The van der Waals surface area contributed by atoms with Gasteiger partial charge in [0, 0.05) is 45.4 Å². The lowest BCUT2D eigenvalue weighted by Crippen LogP contribution is -2.50. The van der Waals surface area contributed by atoms with Crippen molar-refractivity contribution in [2.75, 3.05) is 53.6 Å². The lowest BCUT2D eigenvalue weighted by molar-refractivity contribution is 0.150. The van der Waals surface area contributed by atoms with Crippen LogP contribution in [0.5, 0.6) is 11.5 Å². The van der Waals surface area contributed by atoms with Crippen LogP contribution < -0.4 is 20.1 Å². The second-order valence-electron chi connectivity index (χ2n) is 8.01. The first-order valence-electron chi connectivity index (χ1n) is 10.7. The smallest absolute Gasteiger partial charge is 0.191 e. The maximum absolute atomic E-state index is 5.98. The summed E-state index contributed by atoms with van der Waals surface area (Å²) in [7, 11) is 3.48. The summed E-state index contributed by atoms with van der Waals surface area (Å²) in [5, 5.41) is 6.96. The minimum absolute atomic E-state index is 0. The predicted octanol–water partition coefficient (Wildman–Crippen LogP) is 2.75. The van der Waals surface area contributed by atoms with Gasteiger partial charge in [0.1, 0.15) is 17.6 Å². The van der Waals surface area contributed by atoms with E-state index in [1.165, 1.54) is 13.0 Å². The van der Waals surface area contributed by atoms with Gasteiger partial charge in [-0.1, -0.05) is 6.07 Å². The fourth-order valence-corrected chi connectivity index (χ4v) is 3.93. The molecule has 30 heavy (non-hydrogen) atoms. The summed E-state index contributed by atoms with van der Waals surface area (Å²) in [5.74, 6) is 3.17. The number of hydrogen-bond donors (Lipinski definition) is 2. The van der Waals surface area contributed by atoms with E-state index in [0.717, 1.165) is 62.5 Å². The number of piperidine rings is 1. The van der Waals surface area contributed by atoms with Gasteiger partial charge in [-0.15, -0.1) is 24.0 Å². The number of ether oxygens (including phenoxy) is 3. The Hall–Kier alpha value is -1.26. The molecule has 2 atom stereocenters. The Morgan fingerprint density at radius 3 is 2.70 bits per heavy atom. The molecule has 2 N–H and O–H groups in total. The summed E-state index contributed by atoms with van der Waals surface area (Å²) in [6.07, 6.45) is 3.51. The van der Waals surface area contributed by atoms with Gasteiger partial charge in [0.05, 0.1) is 20.3 Å². The zero-order valence-electron chi connectivity index (χ0n) is 18.4. The number of methoxy groups -OCH3 is 1. The number of nitrogens with one attached hydrogen (secondary N) is 2.